The lowest BCUT2D eigenvalue weighted by Crippen LogP contribution is -2.42. The van der Waals surface area contributed by atoms with Gasteiger partial charge in [-0.25, -0.2) is 0 Å². The van der Waals surface area contributed by atoms with E-state index in [4.69, 9.17) is 0 Å². The van der Waals surface area contributed by atoms with E-state index in [1.807, 2.05) is 35.0 Å². The maximum Gasteiger partial charge on any atom is 0.225 e. The minimum absolute atomic E-state index is 0.0508. The van der Waals surface area contributed by atoms with Gasteiger partial charge >= 0.3 is 0 Å². The number of benzene rings is 2. The molecule has 4 rings (SSSR count). The SMILES string of the molecule is CN(Cc1ccccc1)C(=O)C1CCC(C(=O)N2CCc3ccccc3C2)CC1. The predicted molar refractivity (Wildman–Crippen MR) is 114 cm³/mol. The van der Waals surface area contributed by atoms with Gasteiger partial charge in [0.15, 0.2) is 0 Å². The van der Waals surface area contributed by atoms with Gasteiger partial charge in [0, 0.05) is 38.5 Å². The van der Waals surface area contributed by atoms with E-state index in [9.17, 15) is 9.59 Å². The lowest BCUT2D eigenvalue weighted by atomic mass is 9.80. The van der Waals surface area contributed by atoms with E-state index in [-0.39, 0.29) is 23.7 Å². The van der Waals surface area contributed by atoms with Crippen LogP contribution in [-0.4, -0.2) is 35.2 Å². The number of hydrogen-bond donors (Lipinski definition) is 0. The maximum absolute atomic E-state index is 13.0. The molecule has 29 heavy (non-hydrogen) atoms. The third kappa shape index (κ3) is 4.52. The van der Waals surface area contributed by atoms with Gasteiger partial charge < -0.3 is 9.80 Å². The Kier molecular flexibility index (Phi) is 5.98. The van der Waals surface area contributed by atoms with Crippen LogP contribution < -0.4 is 0 Å². The summed E-state index contributed by atoms with van der Waals surface area (Å²) in [6, 6.07) is 18.5. The lowest BCUT2D eigenvalue weighted by molar-refractivity contribution is -0.141. The van der Waals surface area contributed by atoms with E-state index in [1.165, 1.54) is 11.1 Å². The molecule has 0 N–H and O–H groups in total. The number of fused-ring (bicyclic) bond motifs is 1. The molecular formula is C25H30N2O2. The van der Waals surface area contributed by atoms with Crippen LogP contribution in [0.25, 0.3) is 0 Å². The van der Waals surface area contributed by atoms with E-state index in [0.29, 0.717) is 6.54 Å². The van der Waals surface area contributed by atoms with Crippen molar-refractivity contribution in [1.82, 2.24) is 9.80 Å². The molecule has 1 saturated carbocycles. The zero-order valence-electron chi connectivity index (χ0n) is 17.2. The van der Waals surface area contributed by atoms with Crippen LogP contribution in [0.2, 0.25) is 0 Å². The second-order valence-electron chi connectivity index (χ2n) is 8.51. The summed E-state index contributed by atoms with van der Waals surface area (Å²) in [6.07, 6.45) is 4.23. The van der Waals surface area contributed by atoms with Crippen LogP contribution in [0.15, 0.2) is 54.6 Å². The molecule has 0 spiro atoms. The van der Waals surface area contributed by atoms with E-state index in [0.717, 1.165) is 50.8 Å². The highest BCUT2D eigenvalue weighted by Crippen LogP contribution is 2.32. The molecule has 0 radical (unpaired) electrons. The molecule has 0 saturated heterocycles. The molecule has 0 unspecified atom stereocenters. The average Bonchev–Trinajstić information content (AvgIpc) is 2.78. The molecular weight excluding hydrogens is 360 g/mol. The number of carbonyl (C=O) groups excluding carboxylic acids is 2. The number of nitrogens with zero attached hydrogens (tertiary/aromatic N) is 2. The van der Waals surface area contributed by atoms with Crippen molar-refractivity contribution < 1.29 is 9.59 Å². The van der Waals surface area contributed by atoms with Crippen LogP contribution in [0.3, 0.4) is 0 Å². The fourth-order valence-electron chi connectivity index (χ4n) is 4.78. The van der Waals surface area contributed by atoms with Crippen molar-refractivity contribution in [1.29, 1.82) is 0 Å². The minimum atomic E-state index is 0.0508. The molecule has 2 aromatic rings. The Balaban J connectivity index is 1.29. The Hall–Kier alpha value is -2.62. The summed E-state index contributed by atoms with van der Waals surface area (Å²) < 4.78 is 0. The first-order chi connectivity index (χ1) is 14.1. The molecule has 4 nitrogen and oxygen atoms in total. The molecule has 0 aromatic heterocycles. The van der Waals surface area contributed by atoms with Crippen LogP contribution >= 0.6 is 0 Å². The van der Waals surface area contributed by atoms with Gasteiger partial charge in [0.2, 0.25) is 11.8 Å². The molecule has 2 amide bonds. The Morgan fingerprint density at radius 2 is 1.52 bits per heavy atom. The van der Waals surface area contributed by atoms with Gasteiger partial charge in [0.05, 0.1) is 0 Å². The third-order valence-corrected chi connectivity index (χ3v) is 6.51. The van der Waals surface area contributed by atoms with E-state index in [1.54, 1.807) is 0 Å². The average molecular weight is 391 g/mol. The van der Waals surface area contributed by atoms with Crippen LogP contribution in [0.1, 0.15) is 42.4 Å². The lowest BCUT2D eigenvalue weighted by Gasteiger charge is -2.35. The summed E-state index contributed by atoms with van der Waals surface area (Å²) in [7, 11) is 1.89. The van der Waals surface area contributed by atoms with Gasteiger partial charge in [-0.2, -0.15) is 0 Å². The van der Waals surface area contributed by atoms with Gasteiger partial charge in [-0.05, 0) is 48.8 Å². The largest absolute Gasteiger partial charge is 0.341 e. The zero-order valence-corrected chi connectivity index (χ0v) is 17.2. The van der Waals surface area contributed by atoms with Crippen molar-refractivity contribution in [3.05, 3.63) is 71.3 Å². The van der Waals surface area contributed by atoms with Crippen molar-refractivity contribution in [3.8, 4) is 0 Å². The standard InChI is InChI=1S/C25H30N2O2/c1-26(17-19-7-3-2-4-8-19)24(28)21-11-13-22(14-12-21)25(29)27-16-15-20-9-5-6-10-23(20)18-27/h2-10,21-22H,11-18H2,1H3. The molecule has 1 aliphatic carbocycles. The highest BCUT2D eigenvalue weighted by molar-refractivity contribution is 5.81. The van der Waals surface area contributed by atoms with Gasteiger partial charge in [-0.3, -0.25) is 9.59 Å². The molecule has 2 aromatic carbocycles. The van der Waals surface area contributed by atoms with Crippen LogP contribution in [0.4, 0.5) is 0 Å². The highest BCUT2D eigenvalue weighted by Gasteiger charge is 2.34. The summed E-state index contributed by atoms with van der Waals surface area (Å²) in [4.78, 5) is 29.8. The Bertz CT molecular complexity index is 856. The quantitative estimate of drug-likeness (QED) is 0.791. The second kappa shape index (κ2) is 8.81. The maximum atomic E-state index is 13.0. The number of carbonyl (C=O) groups is 2. The first-order valence-electron chi connectivity index (χ1n) is 10.8. The summed E-state index contributed by atoms with van der Waals surface area (Å²) >= 11 is 0. The molecule has 1 aliphatic heterocycles. The number of amides is 2. The second-order valence-corrected chi connectivity index (χ2v) is 8.51. The molecule has 0 atom stereocenters. The van der Waals surface area contributed by atoms with Crippen molar-refractivity contribution in [3.63, 3.8) is 0 Å². The number of rotatable bonds is 4. The van der Waals surface area contributed by atoms with Crippen molar-refractivity contribution in [2.24, 2.45) is 11.8 Å². The zero-order chi connectivity index (χ0) is 20.2. The molecule has 152 valence electrons. The normalized spacial score (nSPS) is 21.3. The topological polar surface area (TPSA) is 40.6 Å². The summed E-state index contributed by atoms with van der Waals surface area (Å²) in [5.74, 6) is 0.619. The van der Waals surface area contributed by atoms with Crippen molar-refractivity contribution in [2.45, 2.75) is 45.2 Å². The van der Waals surface area contributed by atoms with Gasteiger partial charge in [0.1, 0.15) is 0 Å². The Morgan fingerprint density at radius 1 is 0.897 bits per heavy atom. The van der Waals surface area contributed by atoms with Gasteiger partial charge in [-0.1, -0.05) is 54.6 Å². The monoisotopic (exact) mass is 390 g/mol. The van der Waals surface area contributed by atoms with Crippen LogP contribution in [0, 0.1) is 11.8 Å². The Morgan fingerprint density at radius 3 is 2.24 bits per heavy atom. The van der Waals surface area contributed by atoms with Crippen molar-refractivity contribution in [2.75, 3.05) is 13.6 Å². The van der Waals surface area contributed by atoms with E-state index in [2.05, 4.69) is 36.4 Å². The number of hydrogen-bond acceptors (Lipinski definition) is 2. The van der Waals surface area contributed by atoms with Crippen LogP contribution in [0.5, 0.6) is 0 Å². The van der Waals surface area contributed by atoms with Crippen molar-refractivity contribution >= 4 is 11.8 Å². The van der Waals surface area contributed by atoms with E-state index >= 15 is 0 Å². The smallest absolute Gasteiger partial charge is 0.225 e. The molecule has 4 heteroatoms. The molecule has 1 heterocycles. The molecule has 2 aliphatic rings. The Labute approximate surface area is 173 Å². The first kappa shape index (κ1) is 19.7. The third-order valence-electron chi connectivity index (χ3n) is 6.51. The van der Waals surface area contributed by atoms with Gasteiger partial charge in [-0.15, -0.1) is 0 Å². The first-order valence-corrected chi connectivity index (χ1v) is 10.8. The fourth-order valence-corrected chi connectivity index (χ4v) is 4.78. The fraction of sp³-hybridized carbons (Fsp3) is 0.440. The predicted octanol–water partition coefficient (Wildman–Crippen LogP) is 4.04. The summed E-state index contributed by atoms with van der Waals surface area (Å²) in [5.41, 5.74) is 3.79. The molecule has 0 bridgehead atoms. The van der Waals surface area contributed by atoms with Crippen LogP contribution in [-0.2, 0) is 29.1 Å². The van der Waals surface area contributed by atoms with Gasteiger partial charge in [0.25, 0.3) is 0 Å². The molecule has 1 fully saturated rings. The minimum Gasteiger partial charge on any atom is -0.341 e. The van der Waals surface area contributed by atoms with E-state index < -0.39 is 0 Å². The highest BCUT2D eigenvalue weighted by atomic mass is 16.2. The summed E-state index contributed by atoms with van der Waals surface area (Å²) in [5, 5.41) is 0. The summed E-state index contributed by atoms with van der Waals surface area (Å²) in [6.45, 7) is 2.19.